The van der Waals surface area contributed by atoms with E-state index in [0.29, 0.717) is 30.5 Å². The highest BCUT2D eigenvalue weighted by Gasteiger charge is 2.38. The Hall–Kier alpha value is -2.86. The SMILES string of the molecule is CCCN(C(=O)NCc1ccccc1)C1CCN(CC2CC(N(C)Cc3cccc(Cl)c3)CC2c2ccccc2)CC1. The molecule has 3 aromatic rings. The summed E-state index contributed by atoms with van der Waals surface area (Å²) in [4.78, 5) is 20.5. The molecule has 42 heavy (non-hydrogen) atoms. The zero-order valence-corrected chi connectivity index (χ0v) is 26.1. The van der Waals surface area contributed by atoms with Gasteiger partial charge in [-0.1, -0.05) is 91.3 Å². The zero-order chi connectivity index (χ0) is 29.3. The summed E-state index contributed by atoms with van der Waals surface area (Å²) >= 11 is 6.28. The molecular weight excluding hydrogens is 540 g/mol. The summed E-state index contributed by atoms with van der Waals surface area (Å²) < 4.78 is 0. The molecule has 1 aliphatic heterocycles. The molecule has 2 amide bonds. The summed E-state index contributed by atoms with van der Waals surface area (Å²) in [5.74, 6) is 1.19. The molecule has 224 valence electrons. The molecule has 5 rings (SSSR count). The Morgan fingerprint density at radius 1 is 0.905 bits per heavy atom. The van der Waals surface area contributed by atoms with Crippen molar-refractivity contribution in [1.82, 2.24) is 20.0 Å². The van der Waals surface area contributed by atoms with Crippen LogP contribution < -0.4 is 5.32 Å². The number of likely N-dealkylation sites (tertiary alicyclic amines) is 1. The molecule has 1 saturated carbocycles. The molecule has 2 aliphatic rings. The van der Waals surface area contributed by atoms with Crippen LogP contribution >= 0.6 is 11.6 Å². The fraction of sp³-hybridized carbons (Fsp3) is 0.472. The van der Waals surface area contributed by atoms with E-state index >= 15 is 0 Å². The Bertz CT molecular complexity index is 1250. The van der Waals surface area contributed by atoms with Gasteiger partial charge in [0.1, 0.15) is 0 Å². The van der Waals surface area contributed by atoms with Crippen molar-refractivity contribution in [2.24, 2.45) is 5.92 Å². The Labute approximate surface area is 257 Å². The number of rotatable bonds is 11. The van der Waals surface area contributed by atoms with Crippen molar-refractivity contribution in [3.8, 4) is 0 Å². The number of nitrogens with zero attached hydrogens (tertiary/aromatic N) is 3. The summed E-state index contributed by atoms with van der Waals surface area (Å²) in [5.41, 5.74) is 3.88. The van der Waals surface area contributed by atoms with Gasteiger partial charge in [0, 0.05) is 56.4 Å². The van der Waals surface area contributed by atoms with E-state index in [1.54, 1.807) is 0 Å². The molecule has 1 N–H and O–H groups in total. The lowest BCUT2D eigenvalue weighted by Crippen LogP contribution is -2.51. The van der Waals surface area contributed by atoms with Crippen LogP contribution in [0.3, 0.4) is 0 Å². The van der Waals surface area contributed by atoms with Crippen LogP contribution in [0.2, 0.25) is 5.02 Å². The second-order valence-corrected chi connectivity index (χ2v) is 12.8. The minimum atomic E-state index is 0.0738. The van der Waals surface area contributed by atoms with Crippen LogP contribution in [0.5, 0.6) is 0 Å². The van der Waals surface area contributed by atoms with Gasteiger partial charge in [0.25, 0.3) is 0 Å². The van der Waals surface area contributed by atoms with Crippen molar-refractivity contribution in [2.75, 3.05) is 33.2 Å². The molecule has 2 fully saturated rings. The molecule has 0 bridgehead atoms. The van der Waals surface area contributed by atoms with E-state index in [-0.39, 0.29) is 6.03 Å². The fourth-order valence-electron chi connectivity index (χ4n) is 7.13. The first-order chi connectivity index (χ1) is 20.5. The maximum absolute atomic E-state index is 13.2. The van der Waals surface area contributed by atoms with Gasteiger partial charge in [-0.2, -0.15) is 0 Å². The summed E-state index contributed by atoms with van der Waals surface area (Å²) in [6.07, 6.45) is 5.46. The standard InChI is InChI=1S/C36H47ClN4O/c1-3-19-41(36(42)38-25-28-11-6-4-7-12-28)33-17-20-40(21-18-33)27-31-23-34(24-35(31)30-14-8-5-9-15-30)39(2)26-29-13-10-16-32(37)22-29/h4-16,22,31,33-35H,3,17-21,23-27H2,1-2H3,(H,38,42). The molecule has 0 aromatic heterocycles. The smallest absolute Gasteiger partial charge is 0.317 e. The summed E-state index contributed by atoms with van der Waals surface area (Å²) in [5, 5.41) is 3.98. The molecule has 3 aromatic carbocycles. The first-order valence-electron chi connectivity index (χ1n) is 15.8. The van der Waals surface area contributed by atoms with E-state index in [1.807, 2.05) is 30.3 Å². The molecule has 0 spiro atoms. The average Bonchev–Trinajstić information content (AvgIpc) is 3.44. The van der Waals surface area contributed by atoms with Crippen molar-refractivity contribution in [1.29, 1.82) is 0 Å². The molecule has 1 heterocycles. The Morgan fingerprint density at radius 3 is 2.29 bits per heavy atom. The normalized spacial score (nSPS) is 21.5. The lowest BCUT2D eigenvalue weighted by Gasteiger charge is -2.39. The highest BCUT2D eigenvalue weighted by atomic mass is 35.5. The summed E-state index contributed by atoms with van der Waals surface area (Å²) in [6.45, 7) is 7.71. The van der Waals surface area contributed by atoms with Gasteiger partial charge in [-0.3, -0.25) is 4.90 Å². The number of piperidine rings is 1. The van der Waals surface area contributed by atoms with Gasteiger partial charge in [0.15, 0.2) is 0 Å². The quantitative estimate of drug-likeness (QED) is 0.254. The Kier molecular flexibility index (Phi) is 11.0. The van der Waals surface area contributed by atoms with Crippen LogP contribution in [0.1, 0.15) is 61.6 Å². The van der Waals surface area contributed by atoms with Crippen LogP contribution in [0.4, 0.5) is 4.79 Å². The first kappa shape index (κ1) is 30.6. The fourth-order valence-corrected chi connectivity index (χ4v) is 7.34. The molecule has 3 atom stereocenters. The van der Waals surface area contributed by atoms with Gasteiger partial charge in [-0.25, -0.2) is 4.79 Å². The molecule has 0 radical (unpaired) electrons. The Balaban J connectivity index is 1.18. The average molecular weight is 587 g/mol. The number of nitrogens with one attached hydrogen (secondary N) is 1. The number of halogens is 1. The topological polar surface area (TPSA) is 38.8 Å². The summed E-state index contributed by atoms with van der Waals surface area (Å²) in [7, 11) is 2.27. The predicted octanol–water partition coefficient (Wildman–Crippen LogP) is 7.42. The summed E-state index contributed by atoms with van der Waals surface area (Å²) in [6, 6.07) is 30.5. The third-order valence-electron chi connectivity index (χ3n) is 9.34. The largest absolute Gasteiger partial charge is 0.334 e. The number of hydrogen-bond acceptors (Lipinski definition) is 3. The van der Waals surface area contributed by atoms with Crippen molar-refractivity contribution in [2.45, 2.75) is 70.1 Å². The molecule has 5 nitrogen and oxygen atoms in total. The first-order valence-corrected chi connectivity index (χ1v) is 16.2. The maximum Gasteiger partial charge on any atom is 0.317 e. The number of benzene rings is 3. The second-order valence-electron chi connectivity index (χ2n) is 12.3. The van der Waals surface area contributed by atoms with E-state index in [9.17, 15) is 4.79 Å². The monoisotopic (exact) mass is 586 g/mol. The van der Waals surface area contributed by atoms with Crippen molar-refractivity contribution in [3.05, 3.63) is 107 Å². The van der Waals surface area contributed by atoms with Crippen molar-refractivity contribution >= 4 is 17.6 Å². The third kappa shape index (κ3) is 8.15. The van der Waals surface area contributed by atoms with E-state index in [0.717, 1.165) is 62.6 Å². The number of amides is 2. The van der Waals surface area contributed by atoms with E-state index in [2.05, 4.69) is 88.6 Å². The molecule has 1 aliphatic carbocycles. The van der Waals surface area contributed by atoms with Gasteiger partial charge in [-0.15, -0.1) is 0 Å². The number of hydrogen-bond donors (Lipinski definition) is 1. The lowest BCUT2D eigenvalue weighted by molar-refractivity contribution is 0.108. The van der Waals surface area contributed by atoms with Gasteiger partial charge < -0.3 is 15.1 Å². The van der Waals surface area contributed by atoms with Gasteiger partial charge >= 0.3 is 6.03 Å². The molecule has 3 unspecified atom stereocenters. The number of urea groups is 1. The highest BCUT2D eigenvalue weighted by Crippen LogP contribution is 2.42. The van der Waals surface area contributed by atoms with Crippen LogP contribution in [0.25, 0.3) is 0 Å². The van der Waals surface area contributed by atoms with E-state index < -0.39 is 0 Å². The van der Waals surface area contributed by atoms with Crippen LogP contribution in [0, 0.1) is 5.92 Å². The second kappa shape index (κ2) is 15.0. The van der Waals surface area contributed by atoms with Crippen molar-refractivity contribution in [3.63, 3.8) is 0 Å². The maximum atomic E-state index is 13.2. The molecular formula is C36H47ClN4O. The van der Waals surface area contributed by atoms with Gasteiger partial charge in [0.2, 0.25) is 0 Å². The Morgan fingerprint density at radius 2 is 1.60 bits per heavy atom. The van der Waals surface area contributed by atoms with Crippen LogP contribution in [-0.2, 0) is 13.1 Å². The highest BCUT2D eigenvalue weighted by molar-refractivity contribution is 6.30. The van der Waals surface area contributed by atoms with E-state index in [1.165, 1.54) is 24.0 Å². The number of carbonyl (C=O) groups is 1. The predicted molar refractivity (Wildman–Crippen MR) is 174 cm³/mol. The minimum Gasteiger partial charge on any atom is -0.334 e. The van der Waals surface area contributed by atoms with Crippen molar-refractivity contribution < 1.29 is 4.79 Å². The minimum absolute atomic E-state index is 0.0738. The zero-order valence-electron chi connectivity index (χ0n) is 25.3. The van der Waals surface area contributed by atoms with Gasteiger partial charge in [0.05, 0.1) is 0 Å². The van der Waals surface area contributed by atoms with Gasteiger partial charge in [-0.05, 0) is 79.8 Å². The van der Waals surface area contributed by atoms with E-state index in [4.69, 9.17) is 11.6 Å². The third-order valence-corrected chi connectivity index (χ3v) is 9.58. The van der Waals surface area contributed by atoms with Crippen LogP contribution in [-0.4, -0.2) is 66.0 Å². The lowest BCUT2D eigenvalue weighted by atomic mass is 9.88. The number of carbonyl (C=O) groups excluding carboxylic acids is 1. The van der Waals surface area contributed by atoms with Crippen LogP contribution in [0.15, 0.2) is 84.9 Å². The molecule has 6 heteroatoms. The molecule has 1 saturated heterocycles.